The van der Waals surface area contributed by atoms with Crippen LogP contribution in [-0.4, -0.2) is 6.54 Å². The summed E-state index contributed by atoms with van der Waals surface area (Å²) in [5.74, 6) is 0. The van der Waals surface area contributed by atoms with Gasteiger partial charge in [-0.15, -0.1) is 0 Å². The van der Waals surface area contributed by atoms with Gasteiger partial charge in [0, 0.05) is 24.5 Å². The van der Waals surface area contributed by atoms with E-state index in [1.807, 2.05) is 18.2 Å². The van der Waals surface area contributed by atoms with E-state index in [1.165, 1.54) is 16.8 Å². The summed E-state index contributed by atoms with van der Waals surface area (Å²) >= 11 is 0. The first-order chi connectivity index (χ1) is 8.72. The van der Waals surface area contributed by atoms with Crippen molar-refractivity contribution in [3.63, 3.8) is 0 Å². The number of hydrogen-bond donors (Lipinski definition) is 1. The minimum Gasteiger partial charge on any atom is -0.399 e. The molecule has 0 aliphatic carbocycles. The first-order valence-electron chi connectivity index (χ1n) is 6.36. The van der Waals surface area contributed by atoms with Gasteiger partial charge in [0.05, 0.1) is 0 Å². The Morgan fingerprint density at radius 1 is 1.00 bits per heavy atom. The highest BCUT2D eigenvalue weighted by molar-refractivity contribution is 5.52. The molecule has 0 saturated heterocycles. The summed E-state index contributed by atoms with van der Waals surface area (Å²) in [7, 11) is 0. The van der Waals surface area contributed by atoms with Crippen LogP contribution in [0.3, 0.4) is 0 Å². The molecule has 0 saturated carbocycles. The van der Waals surface area contributed by atoms with Crippen LogP contribution in [0, 0.1) is 6.92 Å². The minimum atomic E-state index is 0.872. The highest BCUT2D eigenvalue weighted by Gasteiger charge is 2.07. The average molecular weight is 240 g/mol. The predicted molar refractivity (Wildman–Crippen MR) is 78.8 cm³/mol. The molecule has 2 nitrogen and oxygen atoms in total. The van der Waals surface area contributed by atoms with Gasteiger partial charge in [-0.2, -0.15) is 0 Å². The number of benzene rings is 2. The number of para-hydroxylation sites is 1. The van der Waals surface area contributed by atoms with Gasteiger partial charge in [0.1, 0.15) is 0 Å². The molecule has 0 radical (unpaired) electrons. The van der Waals surface area contributed by atoms with Crippen LogP contribution in [0.2, 0.25) is 0 Å². The Balaban J connectivity index is 2.24. The Kier molecular flexibility index (Phi) is 3.88. The molecule has 0 aromatic heterocycles. The van der Waals surface area contributed by atoms with Crippen molar-refractivity contribution < 1.29 is 0 Å². The summed E-state index contributed by atoms with van der Waals surface area (Å²) < 4.78 is 0. The van der Waals surface area contributed by atoms with Gasteiger partial charge >= 0.3 is 0 Å². The average Bonchev–Trinajstić information content (AvgIpc) is 2.41. The zero-order valence-corrected chi connectivity index (χ0v) is 11.1. The van der Waals surface area contributed by atoms with Crippen LogP contribution in [0.5, 0.6) is 0 Å². The first-order valence-corrected chi connectivity index (χ1v) is 6.36. The van der Waals surface area contributed by atoms with E-state index in [0.29, 0.717) is 0 Å². The Labute approximate surface area is 109 Å². The van der Waals surface area contributed by atoms with Crippen molar-refractivity contribution in [3.05, 3.63) is 59.7 Å². The molecule has 2 heteroatoms. The molecule has 0 spiro atoms. The Bertz CT molecular complexity index is 506. The fourth-order valence-corrected chi connectivity index (χ4v) is 2.10. The van der Waals surface area contributed by atoms with E-state index >= 15 is 0 Å². The van der Waals surface area contributed by atoms with Crippen LogP contribution in [0.1, 0.15) is 18.1 Å². The van der Waals surface area contributed by atoms with Gasteiger partial charge in [0.15, 0.2) is 0 Å². The van der Waals surface area contributed by atoms with E-state index in [4.69, 9.17) is 5.73 Å². The molecule has 0 unspecified atom stereocenters. The van der Waals surface area contributed by atoms with Crippen molar-refractivity contribution in [1.82, 2.24) is 0 Å². The van der Waals surface area contributed by atoms with Crippen molar-refractivity contribution in [2.75, 3.05) is 17.2 Å². The van der Waals surface area contributed by atoms with Gasteiger partial charge in [0.25, 0.3) is 0 Å². The second-order valence-corrected chi connectivity index (χ2v) is 4.48. The second kappa shape index (κ2) is 5.58. The predicted octanol–water partition coefficient (Wildman–Crippen LogP) is 3.60. The van der Waals surface area contributed by atoms with Crippen LogP contribution in [0.15, 0.2) is 48.5 Å². The SMILES string of the molecule is CCN(Cc1cccc(N)c1C)c1ccccc1. The minimum absolute atomic E-state index is 0.872. The summed E-state index contributed by atoms with van der Waals surface area (Å²) in [5, 5.41) is 0. The van der Waals surface area contributed by atoms with Crippen molar-refractivity contribution in [2.45, 2.75) is 20.4 Å². The zero-order chi connectivity index (χ0) is 13.0. The standard InChI is InChI=1S/C16H20N2/c1-3-18(15-9-5-4-6-10-15)12-14-8-7-11-16(17)13(14)2/h4-11H,3,12,17H2,1-2H3. The smallest absolute Gasteiger partial charge is 0.0432 e. The van der Waals surface area contributed by atoms with E-state index in [9.17, 15) is 0 Å². The van der Waals surface area contributed by atoms with Crippen LogP contribution in [0.4, 0.5) is 11.4 Å². The van der Waals surface area contributed by atoms with Crippen LogP contribution >= 0.6 is 0 Å². The third-order valence-corrected chi connectivity index (χ3v) is 3.35. The molecular formula is C16H20N2. The van der Waals surface area contributed by atoms with Gasteiger partial charge < -0.3 is 10.6 Å². The molecule has 2 rings (SSSR count). The van der Waals surface area contributed by atoms with Crippen molar-refractivity contribution >= 4 is 11.4 Å². The molecule has 0 bridgehead atoms. The second-order valence-electron chi connectivity index (χ2n) is 4.48. The molecule has 2 aromatic rings. The fraction of sp³-hybridized carbons (Fsp3) is 0.250. The largest absolute Gasteiger partial charge is 0.399 e. The Morgan fingerprint density at radius 3 is 2.39 bits per heavy atom. The molecule has 0 aliphatic rings. The molecule has 94 valence electrons. The van der Waals surface area contributed by atoms with Crippen molar-refractivity contribution in [3.8, 4) is 0 Å². The van der Waals surface area contributed by atoms with Crippen molar-refractivity contribution in [2.24, 2.45) is 0 Å². The van der Waals surface area contributed by atoms with E-state index in [1.54, 1.807) is 0 Å². The van der Waals surface area contributed by atoms with Gasteiger partial charge in [0.2, 0.25) is 0 Å². The topological polar surface area (TPSA) is 29.3 Å². The lowest BCUT2D eigenvalue weighted by atomic mass is 10.1. The van der Waals surface area contributed by atoms with Crippen molar-refractivity contribution in [1.29, 1.82) is 0 Å². The monoisotopic (exact) mass is 240 g/mol. The van der Waals surface area contributed by atoms with Gasteiger partial charge in [-0.25, -0.2) is 0 Å². The highest BCUT2D eigenvalue weighted by atomic mass is 15.1. The quantitative estimate of drug-likeness (QED) is 0.827. The molecule has 0 atom stereocenters. The maximum Gasteiger partial charge on any atom is 0.0432 e. The molecule has 0 heterocycles. The van der Waals surface area contributed by atoms with Gasteiger partial charge in [-0.3, -0.25) is 0 Å². The molecule has 0 fully saturated rings. The lowest BCUT2D eigenvalue weighted by Gasteiger charge is -2.24. The number of hydrogen-bond acceptors (Lipinski definition) is 2. The van der Waals surface area contributed by atoms with E-state index in [2.05, 4.69) is 49.1 Å². The van der Waals surface area contributed by atoms with E-state index in [0.717, 1.165) is 18.8 Å². The number of nitrogens with two attached hydrogens (primary N) is 1. The van der Waals surface area contributed by atoms with Gasteiger partial charge in [-0.05, 0) is 43.2 Å². The normalized spacial score (nSPS) is 10.3. The van der Waals surface area contributed by atoms with E-state index < -0.39 is 0 Å². The third-order valence-electron chi connectivity index (χ3n) is 3.35. The molecular weight excluding hydrogens is 220 g/mol. The van der Waals surface area contributed by atoms with Crippen LogP contribution < -0.4 is 10.6 Å². The maximum atomic E-state index is 5.96. The number of nitrogens with zero attached hydrogens (tertiary/aromatic N) is 1. The van der Waals surface area contributed by atoms with E-state index in [-0.39, 0.29) is 0 Å². The number of rotatable bonds is 4. The number of anilines is 2. The Hall–Kier alpha value is -1.96. The summed E-state index contributed by atoms with van der Waals surface area (Å²) in [6.45, 7) is 6.15. The lowest BCUT2D eigenvalue weighted by molar-refractivity contribution is 0.828. The maximum absolute atomic E-state index is 5.96. The summed E-state index contributed by atoms with van der Waals surface area (Å²) in [6.07, 6.45) is 0. The summed E-state index contributed by atoms with van der Waals surface area (Å²) in [4.78, 5) is 2.35. The first kappa shape index (κ1) is 12.5. The van der Waals surface area contributed by atoms with Crippen LogP contribution in [-0.2, 0) is 6.54 Å². The molecule has 2 aromatic carbocycles. The van der Waals surface area contributed by atoms with Crippen LogP contribution in [0.25, 0.3) is 0 Å². The zero-order valence-electron chi connectivity index (χ0n) is 11.1. The molecule has 0 amide bonds. The fourth-order valence-electron chi connectivity index (χ4n) is 2.10. The molecule has 0 aliphatic heterocycles. The lowest BCUT2D eigenvalue weighted by Crippen LogP contribution is -2.22. The van der Waals surface area contributed by atoms with Gasteiger partial charge in [-0.1, -0.05) is 30.3 Å². The molecule has 2 N–H and O–H groups in total. The molecule has 18 heavy (non-hydrogen) atoms. The summed E-state index contributed by atoms with van der Waals surface area (Å²) in [6, 6.07) is 16.6. The number of nitrogen functional groups attached to an aromatic ring is 1. The third kappa shape index (κ3) is 2.65. The highest BCUT2D eigenvalue weighted by Crippen LogP contribution is 2.21. The summed E-state index contributed by atoms with van der Waals surface area (Å²) in [5.41, 5.74) is 10.6. The Morgan fingerprint density at radius 2 is 1.72 bits per heavy atom.